The molecule has 6 nitrogen and oxygen atoms in total. The number of carbonyl (C=O) groups is 1. The Morgan fingerprint density at radius 2 is 1.97 bits per heavy atom. The van der Waals surface area contributed by atoms with E-state index >= 15 is 0 Å². The van der Waals surface area contributed by atoms with Crippen LogP contribution in [0.1, 0.15) is 29.7 Å². The van der Waals surface area contributed by atoms with E-state index in [0.717, 1.165) is 11.1 Å². The van der Waals surface area contributed by atoms with Crippen molar-refractivity contribution < 1.29 is 14.3 Å². The van der Waals surface area contributed by atoms with Crippen molar-refractivity contribution in [3.05, 3.63) is 83.7 Å². The normalized spacial score (nSPS) is 12.0. The minimum Gasteiger partial charge on any atom is -0.497 e. The van der Waals surface area contributed by atoms with E-state index in [-0.39, 0.29) is 11.9 Å². The Balaban J connectivity index is 1.61. The number of aromatic nitrogens is 2. The summed E-state index contributed by atoms with van der Waals surface area (Å²) >= 11 is 0. The van der Waals surface area contributed by atoms with Gasteiger partial charge < -0.3 is 14.8 Å². The summed E-state index contributed by atoms with van der Waals surface area (Å²) in [6.07, 6.45) is 6.90. The first-order chi connectivity index (χ1) is 14.1. The van der Waals surface area contributed by atoms with Gasteiger partial charge in [0.1, 0.15) is 11.5 Å². The van der Waals surface area contributed by atoms with Crippen molar-refractivity contribution in [3.8, 4) is 11.5 Å². The van der Waals surface area contributed by atoms with Gasteiger partial charge in [-0.25, -0.2) is 0 Å². The molecular weight excluding hydrogens is 366 g/mol. The first-order valence-electron chi connectivity index (χ1n) is 9.36. The summed E-state index contributed by atoms with van der Waals surface area (Å²) in [6, 6.07) is 15.4. The zero-order valence-corrected chi connectivity index (χ0v) is 16.8. The van der Waals surface area contributed by atoms with Gasteiger partial charge in [0.05, 0.1) is 33.0 Å². The van der Waals surface area contributed by atoms with E-state index in [9.17, 15) is 4.79 Å². The molecule has 0 aliphatic rings. The van der Waals surface area contributed by atoms with Crippen molar-refractivity contribution in [1.82, 2.24) is 15.1 Å². The number of nitrogens with one attached hydrogen (secondary N) is 1. The Morgan fingerprint density at radius 3 is 2.69 bits per heavy atom. The highest BCUT2D eigenvalue weighted by atomic mass is 16.5. The number of hydrogen-bond acceptors (Lipinski definition) is 4. The van der Waals surface area contributed by atoms with Crippen LogP contribution in [-0.2, 0) is 11.3 Å². The molecule has 1 amide bonds. The third-order valence-electron chi connectivity index (χ3n) is 4.53. The van der Waals surface area contributed by atoms with Gasteiger partial charge in [-0.05, 0) is 36.8 Å². The van der Waals surface area contributed by atoms with E-state index in [4.69, 9.17) is 9.47 Å². The molecule has 150 valence electrons. The lowest BCUT2D eigenvalue weighted by Crippen LogP contribution is -2.25. The molecule has 0 unspecified atom stereocenters. The maximum absolute atomic E-state index is 12.4. The van der Waals surface area contributed by atoms with E-state index in [2.05, 4.69) is 22.5 Å². The van der Waals surface area contributed by atoms with Gasteiger partial charge in [0.15, 0.2) is 0 Å². The molecule has 1 N–H and O–H groups in total. The molecule has 0 radical (unpaired) electrons. The van der Waals surface area contributed by atoms with Gasteiger partial charge in [-0.3, -0.25) is 9.48 Å². The van der Waals surface area contributed by atoms with Gasteiger partial charge in [0.25, 0.3) is 0 Å². The summed E-state index contributed by atoms with van der Waals surface area (Å²) in [7, 11) is 3.21. The van der Waals surface area contributed by atoms with Gasteiger partial charge in [0, 0.05) is 23.4 Å². The molecular formula is C23H25N3O3. The summed E-state index contributed by atoms with van der Waals surface area (Å²) < 4.78 is 12.5. The lowest BCUT2D eigenvalue weighted by molar-refractivity contribution is -0.117. The average molecular weight is 391 g/mol. The molecule has 29 heavy (non-hydrogen) atoms. The summed E-state index contributed by atoms with van der Waals surface area (Å²) in [5.74, 6) is 1.21. The second-order valence-corrected chi connectivity index (χ2v) is 6.63. The third-order valence-corrected chi connectivity index (χ3v) is 4.53. The molecule has 3 aromatic rings. The highest BCUT2D eigenvalue weighted by molar-refractivity contribution is 5.91. The van der Waals surface area contributed by atoms with Gasteiger partial charge in [0.2, 0.25) is 5.91 Å². The molecule has 0 aliphatic carbocycles. The lowest BCUT2D eigenvalue weighted by Gasteiger charge is -2.17. The highest BCUT2D eigenvalue weighted by Gasteiger charge is 2.14. The van der Waals surface area contributed by atoms with Crippen LogP contribution in [0.25, 0.3) is 6.08 Å². The number of benzene rings is 2. The summed E-state index contributed by atoms with van der Waals surface area (Å²) in [4.78, 5) is 12.4. The molecule has 1 aromatic heterocycles. The minimum absolute atomic E-state index is 0.196. The van der Waals surface area contributed by atoms with Crippen molar-refractivity contribution in [2.45, 2.75) is 19.5 Å². The van der Waals surface area contributed by atoms with Crippen LogP contribution in [0.5, 0.6) is 11.5 Å². The van der Waals surface area contributed by atoms with Crippen molar-refractivity contribution in [1.29, 1.82) is 0 Å². The third kappa shape index (κ3) is 5.48. The number of rotatable bonds is 8. The molecule has 0 saturated heterocycles. The molecule has 2 aromatic carbocycles. The van der Waals surface area contributed by atoms with Crippen LogP contribution in [0.3, 0.4) is 0 Å². The predicted octanol–water partition coefficient (Wildman–Crippen LogP) is 3.84. The van der Waals surface area contributed by atoms with Crippen LogP contribution in [-0.4, -0.2) is 29.9 Å². The summed E-state index contributed by atoms with van der Waals surface area (Å²) in [5, 5.41) is 7.29. The number of ether oxygens (including phenoxy) is 2. The Labute approximate surface area is 170 Å². The smallest absolute Gasteiger partial charge is 0.244 e. The van der Waals surface area contributed by atoms with Crippen LogP contribution in [0.15, 0.2) is 67.0 Å². The molecule has 6 heteroatoms. The first-order valence-corrected chi connectivity index (χ1v) is 9.36. The van der Waals surface area contributed by atoms with Crippen molar-refractivity contribution >= 4 is 12.0 Å². The second kappa shape index (κ2) is 9.59. The van der Waals surface area contributed by atoms with Crippen LogP contribution < -0.4 is 14.8 Å². The maximum Gasteiger partial charge on any atom is 0.244 e. The number of nitrogens with zero attached hydrogens (tertiary/aromatic N) is 2. The molecule has 0 saturated carbocycles. The zero-order chi connectivity index (χ0) is 20.6. The zero-order valence-electron chi connectivity index (χ0n) is 16.8. The van der Waals surface area contributed by atoms with Crippen molar-refractivity contribution in [2.75, 3.05) is 14.2 Å². The number of carbonyl (C=O) groups excluding carboxylic acids is 1. The lowest BCUT2D eigenvalue weighted by atomic mass is 10.1. The molecule has 1 atom stereocenters. The largest absolute Gasteiger partial charge is 0.497 e. The second-order valence-electron chi connectivity index (χ2n) is 6.63. The number of hydrogen-bond donors (Lipinski definition) is 1. The minimum atomic E-state index is -0.238. The fourth-order valence-electron chi connectivity index (χ4n) is 3.01. The predicted molar refractivity (Wildman–Crippen MR) is 113 cm³/mol. The molecule has 0 bridgehead atoms. The SMILES string of the molecule is COc1ccc(OC)c([C@@H](C)NC(=O)/C=C/c2cnn(Cc3ccccc3)c2)c1. The van der Waals surface area contributed by atoms with Crippen LogP contribution in [0.2, 0.25) is 0 Å². The summed E-state index contributed by atoms with van der Waals surface area (Å²) in [6.45, 7) is 2.59. The first kappa shape index (κ1) is 20.2. The van der Waals surface area contributed by atoms with E-state index in [1.54, 1.807) is 26.5 Å². The average Bonchev–Trinajstić information content (AvgIpc) is 3.19. The van der Waals surface area contributed by atoms with Crippen molar-refractivity contribution in [3.63, 3.8) is 0 Å². The van der Waals surface area contributed by atoms with Gasteiger partial charge >= 0.3 is 0 Å². The topological polar surface area (TPSA) is 65.4 Å². The Morgan fingerprint density at radius 1 is 1.17 bits per heavy atom. The number of methoxy groups -OCH3 is 2. The molecule has 0 spiro atoms. The standard InChI is InChI=1S/C23H25N3O3/c1-17(21-13-20(28-2)10-11-22(21)29-3)25-23(27)12-9-19-14-24-26(16-19)15-18-7-5-4-6-8-18/h4-14,16-17H,15H2,1-3H3,(H,25,27)/b12-9+/t17-/m1/s1. The quantitative estimate of drug-likeness (QED) is 0.593. The van der Waals surface area contributed by atoms with E-state index in [1.807, 2.05) is 54.2 Å². The van der Waals surface area contributed by atoms with Gasteiger partial charge in [-0.2, -0.15) is 5.10 Å². The number of amides is 1. The van der Waals surface area contributed by atoms with Crippen molar-refractivity contribution in [2.24, 2.45) is 0 Å². The fourth-order valence-corrected chi connectivity index (χ4v) is 3.01. The Bertz CT molecular complexity index is 980. The molecule has 3 rings (SSSR count). The van der Waals surface area contributed by atoms with Gasteiger partial charge in [-0.15, -0.1) is 0 Å². The molecule has 0 aliphatic heterocycles. The van der Waals surface area contributed by atoms with E-state index in [1.165, 1.54) is 11.6 Å². The monoisotopic (exact) mass is 391 g/mol. The molecule has 0 fully saturated rings. The Hall–Kier alpha value is -3.54. The highest BCUT2D eigenvalue weighted by Crippen LogP contribution is 2.29. The Kier molecular flexibility index (Phi) is 6.68. The van der Waals surface area contributed by atoms with Crippen LogP contribution in [0, 0.1) is 0 Å². The fraction of sp³-hybridized carbons (Fsp3) is 0.217. The van der Waals surface area contributed by atoms with E-state index < -0.39 is 0 Å². The maximum atomic E-state index is 12.4. The molecule has 1 heterocycles. The van der Waals surface area contributed by atoms with E-state index in [0.29, 0.717) is 18.0 Å². The van der Waals surface area contributed by atoms with Gasteiger partial charge in [-0.1, -0.05) is 30.3 Å². The van der Waals surface area contributed by atoms with Crippen LogP contribution >= 0.6 is 0 Å². The van der Waals surface area contributed by atoms with Crippen LogP contribution in [0.4, 0.5) is 0 Å². The summed E-state index contributed by atoms with van der Waals surface area (Å²) in [5.41, 5.74) is 2.89.